The lowest BCUT2D eigenvalue weighted by Gasteiger charge is -2.28. The third-order valence-electron chi connectivity index (χ3n) is 3.03. The molecule has 0 amide bonds. The monoisotopic (exact) mass is 253 g/mol. The van der Waals surface area contributed by atoms with E-state index in [9.17, 15) is 0 Å². The Morgan fingerprint density at radius 3 is 2.76 bits per heavy atom. The Balaban J connectivity index is 2.86. The van der Waals surface area contributed by atoms with Crippen molar-refractivity contribution >= 4 is 17.6 Å². The van der Waals surface area contributed by atoms with Gasteiger partial charge in [0.05, 0.1) is 0 Å². The van der Waals surface area contributed by atoms with Crippen LogP contribution in [0.3, 0.4) is 0 Å². The van der Waals surface area contributed by atoms with Crippen LogP contribution in [0.2, 0.25) is 0 Å². The molecule has 4 heteroatoms. The van der Waals surface area contributed by atoms with Crippen LogP contribution >= 0.6 is 11.8 Å². The summed E-state index contributed by atoms with van der Waals surface area (Å²) in [5, 5.41) is 0. The minimum absolute atomic E-state index is 0.0609. The van der Waals surface area contributed by atoms with Gasteiger partial charge in [0.2, 0.25) is 0 Å². The molecule has 0 aliphatic carbocycles. The molecule has 0 saturated heterocycles. The fraction of sp³-hybridized carbons (Fsp3) is 0.615. The topological polar surface area (TPSA) is 42.1 Å². The minimum Gasteiger partial charge on any atom is -0.356 e. The first kappa shape index (κ1) is 14.3. The molecule has 1 aromatic heterocycles. The average molecular weight is 253 g/mol. The zero-order valence-corrected chi connectivity index (χ0v) is 12.0. The molecule has 2 atom stereocenters. The molecular weight excluding hydrogens is 230 g/mol. The summed E-state index contributed by atoms with van der Waals surface area (Å²) in [5.74, 6) is 2.14. The van der Waals surface area contributed by atoms with Gasteiger partial charge in [0.1, 0.15) is 5.82 Å². The fourth-order valence-electron chi connectivity index (χ4n) is 1.79. The highest BCUT2D eigenvalue weighted by Crippen LogP contribution is 2.19. The van der Waals surface area contributed by atoms with E-state index in [1.165, 1.54) is 0 Å². The van der Waals surface area contributed by atoms with Crippen molar-refractivity contribution in [2.45, 2.75) is 32.4 Å². The second-order valence-corrected chi connectivity index (χ2v) is 5.28. The van der Waals surface area contributed by atoms with E-state index in [-0.39, 0.29) is 6.04 Å². The van der Waals surface area contributed by atoms with Gasteiger partial charge in [0.15, 0.2) is 0 Å². The van der Waals surface area contributed by atoms with Crippen molar-refractivity contribution in [3.63, 3.8) is 0 Å². The normalized spacial score (nSPS) is 14.4. The Labute approximate surface area is 109 Å². The third kappa shape index (κ3) is 3.89. The molecule has 2 N–H and O–H groups in total. The molecule has 0 aromatic carbocycles. The first-order valence-electron chi connectivity index (χ1n) is 6.03. The highest BCUT2D eigenvalue weighted by molar-refractivity contribution is 7.98. The van der Waals surface area contributed by atoms with Gasteiger partial charge in [0.25, 0.3) is 0 Å². The van der Waals surface area contributed by atoms with Crippen LogP contribution in [-0.2, 0) is 0 Å². The van der Waals surface area contributed by atoms with Gasteiger partial charge in [0, 0.05) is 31.1 Å². The van der Waals surface area contributed by atoms with Crippen molar-refractivity contribution in [3.8, 4) is 0 Å². The molecule has 0 radical (unpaired) electrons. The summed E-state index contributed by atoms with van der Waals surface area (Å²) in [7, 11) is 2.11. The van der Waals surface area contributed by atoms with E-state index in [1.54, 1.807) is 0 Å². The van der Waals surface area contributed by atoms with E-state index in [0.717, 1.165) is 23.6 Å². The largest absolute Gasteiger partial charge is 0.356 e. The van der Waals surface area contributed by atoms with Crippen molar-refractivity contribution < 1.29 is 0 Å². The first-order chi connectivity index (χ1) is 8.10. The van der Waals surface area contributed by atoms with E-state index in [2.05, 4.69) is 36.2 Å². The lowest BCUT2D eigenvalue weighted by atomic mass is 10.1. The van der Waals surface area contributed by atoms with Gasteiger partial charge in [-0.15, -0.1) is 0 Å². The van der Waals surface area contributed by atoms with Gasteiger partial charge >= 0.3 is 0 Å². The number of anilines is 1. The molecule has 17 heavy (non-hydrogen) atoms. The number of nitrogens with two attached hydrogens (primary N) is 1. The second kappa shape index (κ2) is 6.87. The fourth-order valence-corrected chi connectivity index (χ4v) is 2.64. The summed E-state index contributed by atoms with van der Waals surface area (Å²) in [6.07, 6.45) is 5.11. The highest BCUT2D eigenvalue weighted by atomic mass is 32.2. The summed E-state index contributed by atoms with van der Waals surface area (Å²) in [6, 6.07) is 4.66. The molecular formula is C13H23N3S. The third-order valence-corrected chi connectivity index (χ3v) is 3.75. The molecule has 0 aliphatic heterocycles. The number of nitrogens with zero attached hydrogens (tertiary/aromatic N) is 2. The predicted molar refractivity (Wildman–Crippen MR) is 77.7 cm³/mol. The molecule has 1 aromatic rings. The molecule has 0 aliphatic rings. The average Bonchev–Trinajstić information content (AvgIpc) is 2.35. The lowest BCUT2D eigenvalue weighted by Crippen LogP contribution is -2.33. The van der Waals surface area contributed by atoms with Gasteiger partial charge < -0.3 is 10.6 Å². The second-order valence-electron chi connectivity index (χ2n) is 4.36. The van der Waals surface area contributed by atoms with E-state index in [4.69, 9.17) is 5.73 Å². The maximum absolute atomic E-state index is 5.90. The Morgan fingerprint density at radius 2 is 2.24 bits per heavy atom. The molecule has 1 heterocycles. The Kier molecular flexibility index (Phi) is 5.78. The Morgan fingerprint density at radius 1 is 1.53 bits per heavy atom. The number of thioether (sulfide) groups is 1. The van der Waals surface area contributed by atoms with Crippen LogP contribution in [0.4, 0.5) is 5.82 Å². The maximum atomic E-state index is 5.90. The number of pyridine rings is 1. The smallest absolute Gasteiger partial charge is 0.128 e. The van der Waals surface area contributed by atoms with E-state index >= 15 is 0 Å². The van der Waals surface area contributed by atoms with Gasteiger partial charge in [-0.3, -0.25) is 0 Å². The van der Waals surface area contributed by atoms with Crippen molar-refractivity contribution in [1.82, 2.24) is 4.98 Å². The van der Waals surface area contributed by atoms with Crippen LogP contribution in [0.1, 0.15) is 31.9 Å². The SMILES string of the molecule is CCC(CSC)N(C)c1cc([C@H](C)N)ccn1. The lowest BCUT2D eigenvalue weighted by molar-refractivity contribution is 0.664. The minimum atomic E-state index is 0.0609. The molecule has 0 saturated carbocycles. The van der Waals surface area contributed by atoms with Gasteiger partial charge in [-0.1, -0.05) is 6.92 Å². The zero-order valence-electron chi connectivity index (χ0n) is 11.2. The number of aromatic nitrogens is 1. The van der Waals surface area contributed by atoms with Crippen LogP contribution in [0, 0.1) is 0 Å². The standard InChI is InChI=1S/C13H23N3S/c1-5-12(9-17-4)16(3)13-8-11(10(2)14)6-7-15-13/h6-8,10,12H,5,9,14H2,1-4H3/t10-,12?/m0/s1. The van der Waals surface area contributed by atoms with Crippen molar-refractivity contribution in [1.29, 1.82) is 0 Å². The number of hydrogen-bond acceptors (Lipinski definition) is 4. The van der Waals surface area contributed by atoms with Crippen LogP contribution in [0.5, 0.6) is 0 Å². The van der Waals surface area contributed by atoms with E-state index in [0.29, 0.717) is 6.04 Å². The summed E-state index contributed by atoms with van der Waals surface area (Å²) >= 11 is 1.87. The highest BCUT2D eigenvalue weighted by Gasteiger charge is 2.14. The molecule has 1 unspecified atom stereocenters. The number of rotatable bonds is 6. The van der Waals surface area contributed by atoms with Gasteiger partial charge in [-0.05, 0) is 37.3 Å². The predicted octanol–water partition coefficient (Wildman–Crippen LogP) is 2.68. The summed E-state index contributed by atoms with van der Waals surface area (Å²) < 4.78 is 0. The van der Waals surface area contributed by atoms with Crippen molar-refractivity contribution in [3.05, 3.63) is 23.9 Å². The summed E-state index contributed by atoms with van der Waals surface area (Å²) in [6.45, 7) is 4.21. The first-order valence-corrected chi connectivity index (χ1v) is 7.42. The van der Waals surface area contributed by atoms with E-state index < -0.39 is 0 Å². The zero-order chi connectivity index (χ0) is 12.8. The molecule has 0 fully saturated rings. The number of hydrogen-bond donors (Lipinski definition) is 1. The van der Waals surface area contributed by atoms with Crippen LogP contribution in [0.25, 0.3) is 0 Å². The maximum Gasteiger partial charge on any atom is 0.128 e. The van der Waals surface area contributed by atoms with Crippen LogP contribution in [-0.4, -0.2) is 30.1 Å². The molecule has 1 rings (SSSR count). The summed E-state index contributed by atoms with van der Waals surface area (Å²) in [5.41, 5.74) is 7.04. The Hall–Kier alpha value is -0.740. The quantitative estimate of drug-likeness (QED) is 0.846. The Bertz CT molecular complexity index is 341. The van der Waals surface area contributed by atoms with Crippen molar-refractivity contribution in [2.24, 2.45) is 5.73 Å². The van der Waals surface area contributed by atoms with Crippen molar-refractivity contribution in [2.75, 3.05) is 24.0 Å². The van der Waals surface area contributed by atoms with E-state index in [1.807, 2.05) is 30.9 Å². The molecule has 0 bridgehead atoms. The molecule has 96 valence electrons. The summed E-state index contributed by atoms with van der Waals surface area (Å²) in [4.78, 5) is 6.69. The van der Waals surface area contributed by atoms with Crippen LogP contribution in [0.15, 0.2) is 18.3 Å². The van der Waals surface area contributed by atoms with Gasteiger partial charge in [-0.25, -0.2) is 4.98 Å². The van der Waals surface area contributed by atoms with Crippen LogP contribution < -0.4 is 10.6 Å². The molecule has 0 spiro atoms. The van der Waals surface area contributed by atoms with Gasteiger partial charge in [-0.2, -0.15) is 11.8 Å². The molecule has 3 nitrogen and oxygen atoms in total.